The van der Waals surface area contributed by atoms with Gasteiger partial charge in [-0.1, -0.05) is 26.0 Å². The van der Waals surface area contributed by atoms with E-state index in [2.05, 4.69) is 86.7 Å². The lowest BCUT2D eigenvalue weighted by atomic mass is 9.94. The van der Waals surface area contributed by atoms with Crippen molar-refractivity contribution in [2.45, 2.75) is 26.7 Å². The molecule has 0 aliphatic carbocycles. The van der Waals surface area contributed by atoms with Gasteiger partial charge in [0.1, 0.15) is 7.05 Å². The van der Waals surface area contributed by atoms with Gasteiger partial charge in [-0.15, -0.1) is 0 Å². The molecule has 0 saturated heterocycles. The van der Waals surface area contributed by atoms with Crippen LogP contribution >= 0.6 is 0 Å². The van der Waals surface area contributed by atoms with E-state index in [0.717, 1.165) is 11.5 Å². The molecule has 0 fully saturated rings. The van der Waals surface area contributed by atoms with Gasteiger partial charge < -0.3 is 9.30 Å². The Morgan fingerprint density at radius 3 is 2.69 bits per heavy atom. The number of pyridine rings is 1. The third-order valence-electron chi connectivity index (χ3n) is 5.67. The van der Waals surface area contributed by atoms with Gasteiger partial charge >= 0.3 is 0 Å². The van der Waals surface area contributed by atoms with E-state index < -0.39 is 0 Å². The van der Waals surface area contributed by atoms with E-state index in [1.807, 2.05) is 0 Å². The molecule has 0 atom stereocenters. The van der Waals surface area contributed by atoms with Crippen molar-refractivity contribution in [2.24, 2.45) is 14.1 Å². The molecule has 3 heterocycles. The van der Waals surface area contributed by atoms with Crippen molar-refractivity contribution in [1.82, 2.24) is 4.57 Å². The standard InChI is InChI=1S/C23H23N2O/c1-13(2)15-7-8-16-11-25(5)22-20-14(3)6-9-18-21(20)19(12-24(18)4)26-23(22)17(16)10-15/h6-13H,1-5H3/q+1. The first kappa shape index (κ1) is 15.4. The lowest BCUT2D eigenvalue weighted by molar-refractivity contribution is -0.659. The Balaban J connectivity index is 1.95. The number of ether oxygens (including phenoxy) is 1. The largest absolute Gasteiger partial charge is 0.447 e. The number of aromatic nitrogens is 2. The average Bonchev–Trinajstić information content (AvgIpc) is 2.93. The Kier molecular flexibility index (Phi) is 3.03. The molecule has 0 bridgehead atoms. The Morgan fingerprint density at radius 2 is 1.92 bits per heavy atom. The van der Waals surface area contributed by atoms with Crippen LogP contribution in [0, 0.1) is 6.92 Å². The smallest absolute Gasteiger partial charge is 0.257 e. The van der Waals surface area contributed by atoms with Gasteiger partial charge in [-0.2, -0.15) is 4.57 Å². The maximum Gasteiger partial charge on any atom is 0.257 e. The van der Waals surface area contributed by atoms with Gasteiger partial charge in [0.2, 0.25) is 5.75 Å². The molecule has 2 aromatic heterocycles. The molecular formula is C23H23N2O+. The van der Waals surface area contributed by atoms with Crippen LogP contribution in [0.5, 0.6) is 11.5 Å². The SMILES string of the molecule is Cc1ccc2c3c(cn2C)Oc2c([n+](C)cc4ccc(C(C)C)cc24)-c13. The van der Waals surface area contributed by atoms with Crippen LogP contribution in [0.15, 0.2) is 42.7 Å². The Labute approximate surface area is 153 Å². The van der Waals surface area contributed by atoms with Crippen LogP contribution in [-0.2, 0) is 14.1 Å². The highest BCUT2D eigenvalue weighted by Crippen LogP contribution is 2.49. The predicted molar refractivity (Wildman–Crippen MR) is 106 cm³/mol. The number of hydrogen-bond donors (Lipinski definition) is 0. The quantitative estimate of drug-likeness (QED) is 0.375. The summed E-state index contributed by atoms with van der Waals surface area (Å²) in [7, 11) is 4.20. The molecule has 2 aromatic carbocycles. The van der Waals surface area contributed by atoms with Crippen LogP contribution in [0.1, 0.15) is 30.9 Å². The van der Waals surface area contributed by atoms with Gasteiger partial charge in [0.05, 0.1) is 16.5 Å². The van der Waals surface area contributed by atoms with Crippen molar-refractivity contribution in [3.63, 3.8) is 0 Å². The molecule has 3 nitrogen and oxygen atoms in total. The van der Waals surface area contributed by atoms with Gasteiger partial charge in [-0.05, 0) is 42.2 Å². The van der Waals surface area contributed by atoms with E-state index in [-0.39, 0.29) is 0 Å². The second-order valence-corrected chi connectivity index (χ2v) is 7.78. The van der Waals surface area contributed by atoms with E-state index in [4.69, 9.17) is 4.74 Å². The van der Waals surface area contributed by atoms with Crippen molar-refractivity contribution in [3.8, 4) is 22.8 Å². The highest BCUT2D eigenvalue weighted by molar-refractivity contribution is 6.06. The summed E-state index contributed by atoms with van der Waals surface area (Å²) in [6.07, 6.45) is 4.31. The van der Waals surface area contributed by atoms with Crippen LogP contribution in [-0.4, -0.2) is 4.57 Å². The molecule has 5 rings (SSSR count). The summed E-state index contributed by atoms with van der Waals surface area (Å²) in [6, 6.07) is 11.1. The van der Waals surface area contributed by atoms with Crippen LogP contribution in [0.4, 0.5) is 0 Å². The molecule has 0 saturated carbocycles. The molecule has 0 unspecified atom stereocenters. The van der Waals surface area contributed by atoms with Crippen LogP contribution in [0.3, 0.4) is 0 Å². The molecular weight excluding hydrogens is 320 g/mol. The summed E-state index contributed by atoms with van der Waals surface area (Å²) >= 11 is 0. The molecule has 1 aliphatic rings. The number of hydrogen-bond acceptors (Lipinski definition) is 1. The van der Waals surface area contributed by atoms with Crippen molar-refractivity contribution in [3.05, 3.63) is 53.9 Å². The zero-order chi connectivity index (χ0) is 18.2. The second kappa shape index (κ2) is 5.10. The van der Waals surface area contributed by atoms with Gasteiger partial charge in [0.15, 0.2) is 11.9 Å². The van der Waals surface area contributed by atoms with Crippen molar-refractivity contribution >= 4 is 21.7 Å². The predicted octanol–water partition coefficient (Wildman–Crippen LogP) is 5.36. The molecule has 0 N–H and O–H groups in total. The molecule has 3 heteroatoms. The molecule has 26 heavy (non-hydrogen) atoms. The maximum absolute atomic E-state index is 6.51. The average molecular weight is 343 g/mol. The molecule has 0 amide bonds. The number of nitrogens with zero attached hydrogens (tertiary/aromatic N) is 2. The van der Waals surface area contributed by atoms with Crippen molar-refractivity contribution in [1.29, 1.82) is 0 Å². The van der Waals surface area contributed by atoms with E-state index >= 15 is 0 Å². The first-order valence-electron chi connectivity index (χ1n) is 9.19. The Morgan fingerprint density at radius 1 is 1.12 bits per heavy atom. The van der Waals surface area contributed by atoms with Crippen molar-refractivity contribution in [2.75, 3.05) is 0 Å². The minimum Gasteiger partial charge on any atom is -0.447 e. The number of aryl methyl sites for hydroxylation is 3. The highest BCUT2D eigenvalue weighted by atomic mass is 16.5. The molecule has 130 valence electrons. The highest BCUT2D eigenvalue weighted by Gasteiger charge is 2.32. The zero-order valence-corrected chi connectivity index (χ0v) is 15.9. The second-order valence-electron chi connectivity index (χ2n) is 7.78. The third kappa shape index (κ3) is 1.91. The minimum absolute atomic E-state index is 0.491. The number of benzene rings is 2. The summed E-state index contributed by atoms with van der Waals surface area (Å²) < 4.78 is 10.9. The van der Waals surface area contributed by atoms with E-state index in [0.29, 0.717) is 5.92 Å². The molecule has 0 spiro atoms. The van der Waals surface area contributed by atoms with Gasteiger partial charge in [0.25, 0.3) is 5.69 Å². The number of fused-ring (bicyclic) bond motifs is 4. The fourth-order valence-corrected chi connectivity index (χ4v) is 4.24. The van der Waals surface area contributed by atoms with Gasteiger partial charge in [0, 0.05) is 24.0 Å². The summed E-state index contributed by atoms with van der Waals surface area (Å²) in [6.45, 7) is 6.66. The normalized spacial score (nSPS) is 12.7. The third-order valence-corrected chi connectivity index (χ3v) is 5.67. The lowest BCUT2D eigenvalue weighted by Gasteiger charge is -2.19. The van der Waals surface area contributed by atoms with E-state index in [9.17, 15) is 0 Å². The summed E-state index contributed by atoms with van der Waals surface area (Å²) in [5, 5.41) is 3.62. The van der Waals surface area contributed by atoms with Crippen LogP contribution in [0.25, 0.3) is 32.9 Å². The summed E-state index contributed by atoms with van der Waals surface area (Å²) in [5.74, 6) is 2.42. The van der Waals surface area contributed by atoms with E-state index in [1.165, 1.54) is 44.1 Å². The Hall–Kier alpha value is -2.81. The fraction of sp³-hybridized carbons (Fsp3) is 0.261. The monoisotopic (exact) mass is 343 g/mol. The topological polar surface area (TPSA) is 18.0 Å². The first-order chi connectivity index (χ1) is 12.5. The van der Waals surface area contributed by atoms with E-state index in [1.54, 1.807) is 0 Å². The lowest BCUT2D eigenvalue weighted by Crippen LogP contribution is -2.32. The van der Waals surface area contributed by atoms with Crippen LogP contribution in [0.2, 0.25) is 0 Å². The zero-order valence-electron chi connectivity index (χ0n) is 15.9. The summed E-state index contributed by atoms with van der Waals surface area (Å²) in [5.41, 5.74) is 6.29. The van der Waals surface area contributed by atoms with Gasteiger partial charge in [-0.3, -0.25) is 0 Å². The number of rotatable bonds is 1. The molecule has 0 radical (unpaired) electrons. The molecule has 4 aromatic rings. The molecule has 1 aliphatic heterocycles. The fourth-order valence-electron chi connectivity index (χ4n) is 4.24. The summed E-state index contributed by atoms with van der Waals surface area (Å²) in [4.78, 5) is 0. The van der Waals surface area contributed by atoms with Crippen molar-refractivity contribution < 1.29 is 9.30 Å². The first-order valence-corrected chi connectivity index (χ1v) is 9.19. The van der Waals surface area contributed by atoms with Gasteiger partial charge in [-0.25, -0.2) is 0 Å². The van der Waals surface area contributed by atoms with Crippen LogP contribution < -0.4 is 9.30 Å². The maximum atomic E-state index is 6.51. The minimum atomic E-state index is 0.491. The Bertz CT molecular complexity index is 1210.